The minimum Gasteiger partial charge on any atom is -0.347 e. The van der Waals surface area contributed by atoms with Crippen molar-refractivity contribution in [3.63, 3.8) is 0 Å². The molecule has 2 aromatic carbocycles. The Morgan fingerprint density at radius 1 is 1.21 bits per heavy atom. The van der Waals surface area contributed by atoms with Crippen molar-refractivity contribution >= 4 is 36.6 Å². The SMILES string of the molecule is CC(C)c1c(C(=O)NCc2ccccc2)nn(-c2ccc(F)cc2)c1CP(P)Br. The van der Waals surface area contributed by atoms with E-state index in [4.69, 9.17) is 0 Å². The number of carbonyl (C=O) groups excluding carboxylic acids is 1. The van der Waals surface area contributed by atoms with E-state index in [1.54, 1.807) is 16.8 Å². The molecule has 3 rings (SSSR count). The zero-order chi connectivity index (χ0) is 21.0. The molecule has 29 heavy (non-hydrogen) atoms. The third-order valence-corrected chi connectivity index (χ3v) is 6.38. The van der Waals surface area contributed by atoms with Gasteiger partial charge >= 0.3 is 0 Å². The fourth-order valence-corrected chi connectivity index (χ4v) is 5.01. The molecule has 1 heterocycles. The van der Waals surface area contributed by atoms with Crippen molar-refractivity contribution in [2.45, 2.75) is 32.5 Å². The second-order valence-corrected chi connectivity index (χ2v) is 15.0. The number of rotatable bonds is 7. The third-order valence-electron chi connectivity index (χ3n) is 4.48. The molecule has 1 N–H and O–H groups in total. The Balaban J connectivity index is 2.01. The van der Waals surface area contributed by atoms with Crippen LogP contribution in [-0.2, 0) is 12.7 Å². The predicted octanol–water partition coefficient (Wildman–Crippen LogP) is 6.15. The van der Waals surface area contributed by atoms with Gasteiger partial charge in [-0.2, -0.15) is 5.10 Å². The van der Waals surface area contributed by atoms with Gasteiger partial charge in [0, 0.05) is 18.3 Å². The fraction of sp³-hybridized carbons (Fsp3) is 0.238. The van der Waals surface area contributed by atoms with Gasteiger partial charge in [-0.25, -0.2) is 9.07 Å². The van der Waals surface area contributed by atoms with Crippen molar-refractivity contribution in [1.82, 2.24) is 15.1 Å². The molecule has 0 saturated carbocycles. The van der Waals surface area contributed by atoms with Gasteiger partial charge < -0.3 is 5.32 Å². The molecule has 4 nitrogen and oxygen atoms in total. The van der Waals surface area contributed by atoms with Gasteiger partial charge in [-0.3, -0.25) is 4.79 Å². The number of halogens is 2. The summed E-state index contributed by atoms with van der Waals surface area (Å²) in [6.45, 7) is 4.55. The summed E-state index contributed by atoms with van der Waals surface area (Å²) in [5.41, 5.74) is 4.08. The van der Waals surface area contributed by atoms with Crippen molar-refractivity contribution in [1.29, 1.82) is 0 Å². The Labute approximate surface area is 181 Å². The number of amides is 1. The number of nitrogens with zero attached hydrogens (tertiary/aromatic N) is 2. The molecule has 3 aromatic rings. The van der Waals surface area contributed by atoms with E-state index in [0.717, 1.165) is 28.7 Å². The molecule has 0 bridgehead atoms. The largest absolute Gasteiger partial charge is 0.347 e. The summed E-state index contributed by atoms with van der Waals surface area (Å²) in [7, 11) is 2.78. The highest BCUT2D eigenvalue weighted by Gasteiger charge is 2.26. The van der Waals surface area contributed by atoms with Crippen molar-refractivity contribution in [3.05, 3.63) is 82.9 Å². The predicted molar refractivity (Wildman–Crippen MR) is 124 cm³/mol. The lowest BCUT2D eigenvalue weighted by molar-refractivity contribution is 0.0944. The van der Waals surface area contributed by atoms with E-state index in [-0.39, 0.29) is 17.6 Å². The first-order valence-electron chi connectivity index (χ1n) is 9.24. The monoisotopic (exact) mass is 493 g/mol. The second kappa shape index (κ2) is 9.93. The molecule has 0 radical (unpaired) electrons. The highest BCUT2D eigenvalue weighted by atomic mass is 79.9. The van der Waals surface area contributed by atoms with Crippen molar-refractivity contribution in [2.75, 3.05) is 0 Å². The van der Waals surface area contributed by atoms with Crippen LogP contribution in [0.1, 0.15) is 47.1 Å². The van der Waals surface area contributed by atoms with Crippen LogP contribution in [-0.4, -0.2) is 15.7 Å². The number of nitrogens with one attached hydrogen (secondary N) is 1. The minimum absolute atomic E-state index is 0.115. The van der Waals surface area contributed by atoms with Gasteiger partial charge in [-0.15, -0.1) is 0 Å². The lowest BCUT2D eigenvalue weighted by Gasteiger charge is -2.13. The first-order valence-corrected chi connectivity index (χ1v) is 14.4. The lowest BCUT2D eigenvalue weighted by Crippen LogP contribution is -2.24. The summed E-state index contributed by atoms with van der Waals surface area (Å²) >= 11 is 3.65. The van der Waals surface area contributed by atoms with Gasteiger partial charge in [-0.1, -0.05) is 68.6 Å². The fourth-order valence-electron chi connectivity index (χ4n) is 3.19. The Morgan fingerprint density at radius 2 is 1.86 bits per heavy atom. The number of hydrogen-bond donors (Lipinski definition) is 1. The van der Waals surface area contributed by atoms with Crippen LogP contribution in [0.3, 0.4) is 0 Å². The standard InChI is InChI=1S/C21H23BrFN3OP2/c1-14(2)19-18(13-29(22)28)26(17-10-8-16(23)9-11-17)25-20(19)21(27)24-12-15-6-4-3-5-7-15/h3-11,14H,12-13,28H2,1-2H3,(H,24,27). The third kappa shape index (κ3) is 5.51. The van der Waals surface area contributed by atoms with Crippen LogP contribution in [0.5, 0.6) is 0 Å². The van der Waals surface area contributed by atoms with Gasteiger partial charge in [-0.05, 0) is 42.1 Å². The molecular formula is C21H23BrFN3OP2. The minimum atomic E-state index is -0.518. The molecule has 2 atom stereocenters. The van der Waals surface area contributed by atoms with Gasteiger partial charge in [0.2, 0.25) is 0 Å². The van der Waals surface area contributed by atoms with E-state index in [9.17, 15) is 9.18 Å². The molecule has 0 saturated heterocycles. The van der Waals surface area contributed by atoms with E-state index in [1.165, 1.54) is 12.1 Å². The summed E-state index contributed by atoms with van der Waals surface area (Å²) in [6, 6.07) is 15.9. The molecular weight excluding hydrogens is 471 g/mol. The number of hydrogen-bond acceptors (Lipinski definition) is 2. The quantitative estimate of drug-likeness (QED) is 0.401. The van der Waals surface area contributed by atoms with Crippen molar-refractivity contribution < 1.29 is 9.18 Å². The molecule has 0 aliphatic rings. The maximum atomic E-state index is 13.4. The van der Waals surface area contributed by atoms with E-state index in [2.05, 4.69) is 48.7 Å². The van der Waals surface area contributed by atoms with E-state index >= 15 is 0 Å². The summed E-state index contributed by atoms with van der Waals surface area (Å²) < 4.78 is 15.2. The van der Waals surface area contributed by atoms with Crippen molar-refractivity contribution in [3.8, 4) is 5.69 Å². The van der Waals surface area contributed by atoms with Crippen LogP contribution in [0.2, 0.25) is 0 Å². The molecule has 0 aliphatic carbocycles. The second-order valence-electron chi connectivity index (χ2n) is 6.98. The van der Waals surface area contributed by atoms with Crippen LogP contribution in [0.4, 0.5) is 4.39 Å². The summed E-state index contributed by atoms with van der Waals surface area (Å²) in [4.78, 5) is 13.0. The normalized spacial score (nSPS) is 12.2. The number of benzene rings is 2. The molecule has 152 valence electrons. The van der Waals surface area contributed by atoms with E-state index < -0.39 is 6.31 Å². The Kier molecular flexibility index (Phi) is 7.56. The smallest absolute Gasteiger partial charge is 0.272 e. The zero-order valence-electron chi connectivity index (χ0n) is 16.3. The first-order chi connectivity index (χ1) is 13.9. The molecule has 1 amide bonds. The number of aromatic nitrogens is 2. The highest BCUT2D eigenvalue weighted by molar-refractivity contribution is 9.44. The average Bonchev–Trinajstić information content (AvgIpc) is 3.06. The Bertz CT molecular complexity index is 976. The first kappa shape index (κ1) is 22.1. The van der Waals surface area contributed by atoms with Gasteiger partial charge in [0.15, 0.2) is 5.69 Å². The average molecular weight is 494 g/mol. The van der Waals surface area contributed by atoms with E-state index in [1.807, 2.05) is 30.3 Å². The molecule has 0 fully saturated rings. The maximum absolute atomic E-state index is 13.4. The molecule has 0 spiro atoms. The highest BCUT2D eigenvalue weighted by Crippen LogP contribution is 2.56. The summed E-state index contributed by atoms with van der Waals surface area (Å²) in [5.74, 6) is -0.396. The molecule has 1 aromatic heterocycles. The van der Waals surface area contributed by atoms with Crippen molar-refractivity contribution in [2.24, 2.45) is 0 Å². The molecule has 0 aliphatic heterocycles. The lowest BCUT2D eigenvalue weighted by atomic mass is 10.00. The van der Waals surface area contributed by atoms with Crippen LogP contribution < -0.4 is 5.32 Å². The zero-order valence-corrected chi connectivity index (χ0v) is 19.9. The van der Waals surface area contributed by atoms with Gasteiger partial charge in [0.1, 0.15) is 5.82 Å². The molecule has 8 heteroatoms. The van der Waals surface area contributed by atoms with Gasteiger partial charge in [0.25, 0.3) is 5.91 Å². The summed E-state index contributed by atoms with van der Waals surface area (Å²) in [6.07, 6.45) is 0.208. The van der Waals surface area contributed by atoms with Crippen LogP contribution >= 0.6 is 30.7 Å². The van der Waals surface area contributed by atoms with E-state index in [0.29, 0.717) is 12.2 Å². The Morgan fingerprint density at radius 3 is 2.45 bits per heavy atom. The Hall–Kier alpha value is -1.61. The van der Waals surface area contributed by atoms with Gasteiger partial charge in [0.05, 0.1) is 11.4 Å². The number of carbonyl (C=O) groups is 1. The van der Waals surface area contributed by atoms with Crippen LogP contribution in [0.25, 0.3) is 5.69 Å². The molecule has 2 unspecified atom stereocenters. The van der Waals surface area contributed by atoms with Crippen LogP contribution in [0.15, 0.2) is 54.6 Å². The summed E-state index contributed by atoms with van der Waals surface area (Å²) in [5, 5.41) is 7.64. The topological polar surface area (TPSA) is 46.9 Å². The maximum Gasteiger partial charge on any atom is 0.272 e. The van der Waals surface area contributed by atoms with Crippen LogP contribution in [0, 0.1) is 5.82 Å².